The van der Waals surface area contributed by atoms with Crippen molar-refractivity contribution >= 4 is 27.0 Å². The zero-order valence-electron chi connectivity index (χ0n) is 10.8. The number of fused-ring (bicyclic) bond motifs is 2. The highest BCUT2D eigenvalue weighted by molar-refractivity contribution is 9.10. The first-order valence-electron chi connectivity index (χ1n) is 6.33. The molecule has 0 saturated heterocycles. The SMILES string of the molecule is Brc1cc2c(cc1COn1nnc3ccccc31)OCO2. The molecule has 1 aliphatic rings. The van der Waals surface area contributed by atoms with Crippen molar-refractivity contribution in [1.29, 1.82) is 0 Å². The normalized spacial score (nSPS) is 12.8. The monoisotopic (exact) mass is 347 g/mol. The number of para-hydroxylation sites is 1. The predicted octanol–water partition coefficient (Wildman–Crippen LogP) is 2.55. The average Bonchev–Trinajstić information content (AvgIpc) is 3.11. The van der Waals surface area contributed by atoms with Gasteiger partial charge in [0.2, 0.25) is 6.79 Å². The zero-order chi connectivity index (χ0) is 14.2. The molecule has 2 heterocycles. The summed E-state index contributed by atoms with van der Waals surface area (Å²) < 4.78 is 11.6. The number of benzene rings is 2. The third-order valence-electron chi connectivity index (χ3n) is 3.21. The molecule has 2 aromatic carbocycles. The topological polar surface area (TPSA) is 58.4 Å². The molecule has 0 bridgehead atoms. The van der Waals surface area contributed by atoms with Crippen LogP contribution < -0.4 is 14.3 Å². The van der Waals surface area contributed by atoms with Crippen LogP contribution in [0.15, 0.2) is 40.9 Å². The average molecular weight is 348 g/mol. The molecule has 7 heteroatoms. The lowest BCUT2D eigenvalue weighted by molar-refractivity contribution is 0.0747. The number of rotatable bonds is 3. The Labute approximate surface area is 128 Å². The van der Waals surface area contributed by atoms with Crippen molar-refractivity contribution in [3.05, 3.63) is 46.4 Å². The largest absolute Gasteiger partial charge is 0.454 e. The smallest absolute Gasteiger partial charge is 0.231 e. The third kappa shape index (κ3) is 2.19. The minimum absolute atomic E-state index is 0.250. The fourth-order valence-electron chi connectivity index (χ4n) is 2.14. The Morgan fingerprint density at radius 2 is 2.00 bits per heavy atom. The lowest BCUT2D eigenvalue weighted by atomic mass is 10.2. The fraction of sp³-hybridized carbons (Fsp3) is 0.143. The molecule has 3 aromatic rings. The van der Waals surface area contributed by atoms with Crippen molar-refractivity contribution in [3.63, 3.8) is 0 Å². The minimum Gasteiger partial charge on any atom is -0.454 e. The zero-order valence-corrected chi connectivity index (χ0v) is 12.4. The molecule has 0 radical (unpaired) electrons. The fourth-order valence-corrected chi connectivity index (χ4v) is 2.58. The van der Waals surface area contributed by atoms with Gasteiger partial charge >= 0.3 is 0 Å². The maximum Gasteiger partial charge on any atom is 0.231 e. The van der Waals surface area contributed by atoms with Crippen molar-refractivity contribution in [2.75, 3.05) is 6.79 Å². The standard InChI is InChI=1S/C14H10BrN3O3/c15-10-6-14-13(19-8-20-14)5-9(10)7-21-18-12-4-2-1-3-11(12)16-17-18/h1-6H,7-8H2. The van der Waals surface area contributed by atoms with Gasteiger partial charge in [0.05, 0.1) is 0 Å². The summed E-state index contributed by atoms with van der Waals surface area (Å²) in [6, 6.07) is 11.4. The van der Waals surface area contributed by atoms with E-state index in [1.165, 1.54) is 4.85 Å². The molecule has 1 aromatic heterocycles. The van der Waals surface area contributed by atoms with E-state index < -0.39 is 0 Å². The predicted molar refractivity (Wildman–Crippen MR) is 78.1 cm³/mol. The van der Waals surface area contributed by atoms with Crippen LogP contribution in [0.1, 0.15) is 5.56 Å². The van der Waals surface area contributed by atoms with Crippen LogP contribution in [-0.4, -0.2) is 22.0 Å². The van der Waals surface area contributed by atoms with E-state index in [1.54, 1.807) is 0 Å². The van der Waals surface area contributed by atoms with E-state index in [2.05, 4.69) is 26.2 Å². The van der Waals surface area contributed by atoms with E-state index in [1.807, 2.05) is 36.4 Å². The second kappa shape index (κ2) is 4.92. The van der Waals surface area contributed by atoms with Crippen LogP contribution in [0.3, 0.4) is 0 Å². The van der Waals surface area contributed by atoms with E-state index in [0.29, 0.717) is 6.61 Å². The van der Waals surface area contributed by atoms with Crippen molar-refractivity contribution in [2.24, 2.45) is 0 Å². The van der Waals surface area contributed by atoms with Gasteiger partial charge in [-0.15, -0.1) is 5.10 Å². The van der Waals surface area contributed by atoms with E-state index in [9.17, 15) is 0 Å². The molecule has 0 atom stereocenters. The first-order valence-corrected chi connectivity index (χ1v) is 7.12. The van der Waals surface area contributed by atoms with Gasteiger partial charge in [-0.25, -0.2) is 0 Å². The third-order valence-corrected chi connectivity index (χ3v) is 3.94. The van der Waals surface area contributed by atoms with Crippen LogP contribution in [0.5, 0.6) is 11.5 Å². The molecular formula is C14H10BrN3O3. The minimum atomic E-state index is 0.250. The molecule has 21 heavy (non-hydrogen) atoms. The number of halogens is 1. The summed E-state index contributed by atoms with van der Waals surface area (Å²) in [5.41, 5.74) is 2.57. The van der Waals surface area contributed by atoms with Crippen LogP contribution >= 0.6 is 15.9 Å². The quantitative estimate of drug-likeness (QED) is 0.728. The van der Waals surface area contributed by atoms with Crippen LogP contribution in [-0.2, 0) is 6.61 Å². The van der Waals surface area contributed by atoms with Crippen LogP contribution in [0, 0.1) is 0 Å². The van der Waals surface area contributed by atoms with Gasteiger partial charge in [0.25, 0.3) is 0 Å². The Hall–Kier alpha value is -2.28. The molecular weight excluding hydrogens is 338 g/mol. The molecule has 0 spiro atoms. The summed E-state index contributed by atoms with van der Waals surface area (Å²) in [6.07, 6.45) is 0. The number of hydrogen-bond donors (Lipinski definition) is 0. The van der Waals surface area contributed by atoms with E-state index in [-0.39, 0.29) is 6.79 Å². The highest BCUT2D eigenvalue weighted by Crippen LogP contribution is 2.36. The van der Waals surface area contributed by atoms with E-state index in [4.69, 9.17) is 14.3 Å². The molecule has 1 aliphatic heterocycles. The number of ether oxygens (including phenoxy) is 2. The lowest BCUT2D eigenvalue weighted by Gasteiger charge is -2.08. The van der Waals surface area contributed by atoms with Crippen LogP contribution in [0.25, 0.3) is 11.0 Å². The number of aromatic nitrogens is 3. The summed E-state index contributed by atoms with van der Waals surface area (Å²) in [5, 5.41) is 8.03. The second-order valence-corrected chi connectivity index (χ2v) is 5.38. The van der Waals surface area contributed by atoms with Gasteiger partial charge in [-0.3, -0.25) is 0 Å². The summed E-state index contributed by atoms with van der Waals surface area (Å²) in [5.74, 6) is 1.46. The Balaban J connectivity index is 1.60. The number of hydrogen-bond acceptors (Lipinski definition) is 5. The van der Waals surface area contributed by atoms with Gasteiger partial charge in [-0.05, 0) is 29.5 Å². The molecule has 0 saturated carbocycles. The van der Waals surface area contributed by atoms with Gasteiger partial charge in [0.1, 0.15) is 17.6 Å². The van der Waals surface area contributed by atoms with Crippen molar-refractivity contribution < 1.29 is 14.3 Å². The van der Waals surface area contributed by atoms with Crippen molar-refractivity contribution in [1.82, 2.24) is 15.2 Å². The van der Waals surface area contributed by atoms with Gasteiger partial charge in [-0.1, -0.05) is 32.9 Å². The molecule has 6 nitrogen and oxygen atoms in total. The van der Waals surface area contributed by atoms with Gasteiger partial charge in [0, 0.05) is 10.0 Å². The molecule has 106 valence electrons. The van der Waals surface area contributed by atoms with Gasteiger partial charge < -0.3 is 14.3 Å². The Bertz CT molecular complexity index is 818. The maximum absolute atomic E-state index is 5.70. The molecule has 0 N–H and O–H groups in total. The maximum atomic E-state index is 5.70. The van der Waals surface area contributed by atoms with Crippen LogP contribution in [0.4, 0.5) is 0 Å². The molecule has 0 unspecified atom stereocenters. The number of nitrogens with zero attached hydrogens (tertiary/aromatic N) is 3. The van der Waals surface area contributed by atoms with E-state index >= 15 is 0 Å². The molecule has 0 amide bonds. The summed E-state index contributed by atoms with van der Waals surface area (Å²) in [4.78, 5) is 7.13. The van der Waals surface area contributed by atoms with Gasteiger partial charge in [0.15, 0.2) is 11.5 Å². The van der Waals surface area contributed by atoms with Crippen molar-refractivity contribution in [2.45, 2.75) is 6.61 Å². The summed E-state index contributed by atoms with van der Waals surface area (Å²) in [7, 11) is 0. The lowest BCUT2D eigenvalue weighted by Crippen LogP contribution is -2.13. The highest BCUT2D eigenvalue weighted by atomic mass is 79.9. The summed E-state index contributed by atoms with van der Waals surface area (Å²) in [6.45, 7) is 0.588. The molecule has 0 aliphatic carbocycles. The Morgan fingerprint density at radius 3 is 2.90 bits per heavy atom. The van der Waals surface area contributed by atoms with Crippen LogP contribution in [0.2, 0.25) is 0 Å². The van der Waals surface area contributed by atoms with Gasteiger partial charge in [-0.2, -0.15) is 0 Å². The Kier molecular flexibility index (Phi) is 2.92. The Morgan fingerprint density at radius 1 is 1.19 bits per heavy atom. The molecule has 0 fully saturated rings. The first-order chi connectivity index (χ1) is 10.3. The van der Waals surface area contributed by atoms with Crippen molar-refractivity contribution in [3.8, 4) is 11.5 Å². The summed E-state index contributed by atoms with van der Waals surface area (Å²) >= 11 is 3.50. The highest BCUT2D eigenvalue weighted by Gasteiger charge is 2.17. The second-order valence-electron chi connectivity index (χ2n) is 4.52. The van der Waals surface area contributed by atoms with E-state index in [0.717, 1.165) is 32.6 Å². The molecule has 4 rings (SSSR count). The first kappa shape index (κ1) is 12.5.